The van der Waals surface area contributed by atoms with Gasteiger partial charge in [0.15, 0.2) is 5.82 Å². The molecule has 0 aliphatic heterocycles. The van der Waals surface area contributed by atoms with E-state index in [1.54, 1.807) is 0 Å². The number of alkyl halides is 2. The molecule has 2 aromatic carbocycles. The third-order valence-corrected chi connectivity index (χ3v) is 6.59. The van der Waals surface area contributed by atoms with Gasteiger partial charge in [0, 0.05) is 55.2 Å². The van der Waals surface area contributed by atoms with Gasteiger partial charge < -0.3 is 30.4 Å². The summed E-state index contributed by atoms with van der Waals surface area (Å²) >= 11 is 17.2. The smallest absolute Gasteiger partial charge is 0.323 e. The zero-order valence-corrected chi connectivity index (χ0v) is 23.7. The van der Waals surface area contributed by atoms with Gasteiger partial charge in [-0.25, -0.2) is 9.78 Å². The number of hydrogen-bond donors (Lipinski definition) is 4. The molecule has 0 aliphatic rings. The van der Waals surface area contributed by atoms with E-state index in [9.17, 15) is 4.79 Å². The molecule has 2 amide bonds. The molecule has 0 spiro atoms. The highest BCUT2D eigenvalue weighted by Crippen LogP contribution is 2.26. The fourth-order valence-electron chi connectivity index (χ4n) is 4.15. The van der Waals surface area contributed by atoms with E-state index in [4.69, 9.17) is 40.4 Å². The summed E-state index contributed by atoms with van der Waals surface area (Å²) < 4.78 is 2.00. The minimum atomic E-state index is -0.337. The van der Waals surface area contributed by atoms with Gasteiger partial charge in [0.2, 0.25) is 0 Å². The minimum Gasteiger partial charge on any atom is -0.369 e. The zero-order chi connectivity index (χ0) is 27.1. The lowest BCUT2D eigenvalue weighted by Gasteiger charge is -2.23. The number of amides is 2. The van der Waals surface area contributed by atoms with Crippen molar-refractivity contribution in [3.8, 4) is 11.5 Å². The van der Waals surface area contributed by atoms with Crippen molar-refractivity contribution in [3.05, 3.63) is 54.7 Å². The van der Waals surface area contributed by atoms with Crippen LogP contribution in [-0.2, 0) is 7.05 Å². The van der Waals surface area contributed by atoms with Gasteiger partial charge in [-0.15, -0.1) is 23.2 Å². The summed E-state index contributed by atoms with van der Waals surface area (Å²) in [7, 11) is 1.97. The van der Waals surface area contributed by atoms with Crippen molar-refractivity contribution in [3.63, 3.8) is 0 Å². The quantitative estimate of drug-likeness (QED) is 0.114. The molecule has 0 saturated heterocycles. The topological polar surface area (TPSA) is 90.0 Å². The molecule has 38 heavy (non-hydrogen) atoms. The van der Waals surface area contributed by atoms with E-state index < -0.39 is 0 Å². The molecule has 4 aromatic rings. The molecular weight excluding hydrogens is 541 g/mol. The highest BCUT2D eigenvalue weighted by atomic mass is 35.5. The van der Waals surface area contributed by atoms with Gasteiger partial charge in [0.05, 0.1) is 27.4 Å². The van der Waals surface area contributed by atoms with Crippen LogP contribution in [0.15, 0.2) is 54.7 Å². The number of benzene rings is 2. The Balaban J connectivity index is 1.42. The Morgan fingerprint density at radius 3 is 2.37 bits per heavy atom. The van der Waals surface area contributed by atoms with Crippen LogP contribution in [0.25, 0.3) is 22.6 Å². The van der Waals surface area contributed by atoms with Gasteiger partial charge in [-0.1, -0.05) is 19.1 Å². The van der Waals surface area contributed by atoms with Crippen LogP contribution in [0.1, 0.15) is 19.8 Å². The normalized spacial score (nSPS) is 10.9. The van der Waals surface area contributed by atoms with Crippen molar-refractivity contribution in [1.82, 2.24) is 14.5 Å². The monoisotopic (exact) mass is 571 g/mol. The molecule has 2 aromatic heterocycles. The first-order valence-corrected chi connectivity index (χ1v) is 13.9. The molecule has 0 saturated carbocycles. The number of thiocarbonyl (C=S) groups is 1. The number of urea groups is 1. The van der Waals surface area contributed by atoms with Crippen LogP contribution in [-0.4, -0.2) is 50.4 Å². The first-order chi connectivity index (χ1) is 18.4. The second-order valence-electron chi connectivity index (χ2n) is 8.83. The maximum Gasteiger partial charge on any atom is 0.323 e. The number of hydrogen-bond acceptors (Lipinski definition) is 4. The second kappa shape index (κ2) is 13.0. The summed E-state index contributed by atoms with van der Waals surface area (Å²) in [6.45, 7) is 3.51. The Morgan fingerprint density at radius 1 is 1.00 bits per heavy atom. The molecule has 0 unspecified atom stereocenters. The number of aromatic nitrogens is 3. The van der Waals surface area contributed by atoms with E-state index in [1.165, 1.54) is 0 Å². The predicted molar refractivity (Wildman–Crippen MR) is 164 cm³/mol. The van der Waals surface area contributed by atoms with Crippen LogP contribution in [0, 0.1) is 0 Å². The molecule has 0 radical (unpaired) electrons. The Kier molecular flexibility index (Phi) is 9.49. The van der Waals surface area contributed by atoms with Crippen molar-refractivity contribution in [1.29, 1.82) is 0 Å². The highest BCUT2D eigenvalue weighted by Gasteiger charge is 2.13. The first kappa shape index (κ1) is 27.8. The van der Waals surface area contributed by atoms with Gasteiger partial charge in [-0.2, -0.15) is 0 Å². The zero-order valence-electron chi connectivity index (χ0n) is 21.4. The van der Waals surface area contributed by atoms with Gasteiger partial charge >= 0.3 is 6.03 Å². The number of nitrogens with one attached hydrogen (secondary N) is 4. The number of anilines is 4. The molecule has 8 nitrogen and oxygen atoms in total. The Bertz CT molecular complexity index is 1390. The number of imidazole rings is 1. The number of aryl methyl sites for hydroxylation is 1. The third kappa shape index (κ3) is 6.98. The maximum atomic E-state index is 12.6. The fraction of sp³-hybridized carbons (Fsp3) is 0.296. The van der Waals surface area contributed by atoms with Gasteiger partial charge in [0.25, 0.3) is 0 Å². The largest absolute Gasteiger partial charge is 0.369 e. The third-order valence-electron chi connectivity index (χ3n) is 5.95. The van der Waals surface area contributed by atoms with Crippen molar-refractivity contribution in [2.24, 2.45) is 7.05 Å². The average Bonchev–Trinajstić information content (AvgIpc) is 3.46. The summed E-state index contributed by atoms with van der Waals surface area (Å²) in [6.07, 6.45) is 3.83. The summed E-state index contributed by atoms with van der Waals surface area (Å²) in [5.41, 5.74) is 5.81. The van der Waals surface area contributed by atoms with E-state index in [0.29, 0.717) is 36.2 Å². The number of halogens is 2. The number of carbonyl (C=O) groups excluding carboxylic acids is 1. The number of carbonyl (C=O) groups is 1. The number of H-pyrrole nitrogens is 1. The van der Waals surface area contributed by atoms with Crippen LogP contribution in [0.4, 0.5) is 27.5 Å². The van der Waals surface area contributed by atoms with Crippen LogP contribution in [0.3, 0.4) is 0 Å². The van der Waals surface area contributed by atoms with Crippen molar-refractivity contribution < 1.29 is 4.79 Å². The second-order valence-corrected chi connectivity index (χ2v) is 10.1. The average molecular weight is 573 g/mol. The number of aromatic amines is 1. The van der Waals surface area contributed by atoms with E-state index >= 15 is 0 Å². The standard InChI is InChI=1S/C27H31Cl2N7OS/c1-3-4-25(38)30-20-16-24(35(2)17-20)26-33-22-10-7-19(15-23(22)34-26)32-27(37)31-18-5-8-21(9-6-18)36(13-11-28)14-12-29/h5-10,15-17H,3-4,11-14H2,1-2H3,(H,30,38)(H,33,34)(H2,31,32,37). The van der Waals surface area contributed by atoms with Crippen molar-refractivity contribution >= 4 is 80.2 Å². The summed E-state index contributed by atoms with van der Waals surface area (Å²) in [6, 6.07) is 14.8. The Labute approximate surface area is 237 Å². The van der Waals surface area contributed by atoms with Crippen molar-refractivity contribution in [2.45, 2.75) is 19.8 Å². The Hall–Kier alpha value is -3.27. The SMILES string of the molecule is CCCC(=S)Nc1cc(-c2nc3ccc(NC(=O)Nc4ccc(N(CCCl)CCCl)cc4)cc3[nH]2)n(C)c1. The fourth-order valence-corrected chi connectivity index (χ4v) is 4.88. The molecule has 0 aliphatic carbocycles. The van der Waals surface area contributed by atoms with Crippen LogP contribution in [0.5, 0.6) is 0 Å². The minimum absolute atomic E-state index is 0.337. The lowest BCUT2D eigenvalue weighted by molar-refractivity contribution is 0.262. The summed E-state index contributed by atoms with van der Waals surface area (Å²) in [4.78, 5) is 23.6. The summed E-state index contributed by atoms with van der Waals surface area (Å²) in [5.74, 6) is 1.76. The van der Waals surface area contributed by atoms with Crippen LogP contribution < -0.4 is 20.9 Å². The predicted octanol–water partition coefficient (Wildman–Crippen LogP) is 7.04. The van der Waals surface area contributed by atoms with E-state index in [1.807, 2.05) is 66.3 Å². The highest BCUT2D eigenvalue weighted by molar-refractivity contribution is 7.80. The molecule has 0 atom stereocenters. The number of fused-ring (bicyclic) bond motifs is 1. The van der Waals surface area contributed by atoms with Gasteiger partial charge in [-0.05, 0) is 61.4 Å². The van der Waals surface area contributed by atoms with Crippen LogP contribution >= 0.6 is 35.4 Å². The van der Waals surface area contributed by atoms with Crippen molar-refractivity contribution in [2.75, 3.05) is 45.7 Å². The van der Waals surface area contributed by atoms with E-state index in [0.717, 1.165) is 51.8 Å². The van der Waals surface area contributed by atoms with Crippen LogP contribution in [0.2, 0.25) is 0 Å². The number of rotatable bonds is 11. The molecule has 4 rings (SSSR count). The Morgan fingerprint density at radius 2 is 1.68 bits per heavy atom. The first-order valence-electron chi connectivity index (χ1n) is 12.4. The molecule has 2 heterocycles. The van der Waals surface area contributed by atoms with E-state index in [-0.39, 0.29) is 6.03 Å². The molecule has 0 bridgehead atoms. The molecule has 4 N–H and O–H groups in total. The molecule has 200 valence electrons. The number of nitrogens with zero attached hydrogens (tertiary/aromatic N) is 3. The van der Waals surface area contributed by atoms with Gasteiger partial charge in [-0.3, -0.25) is 0 Å². The molecule has 0 fully saturated rings. The lowest BCUT2D eigenvalue weighted by Crippen LogP contribution is -2.27. The molecule has 11 heteroatoms. The van der Waals surface area contributed by atoms with E-state index in [2.05, 4.69) is 32.8 Å². The summed E-state index contributed by atoms with van der Waals surface area (Å²) in [5, 5.41) is 9.03. The maximum absolute atomic E-state index is 12.6. The lowest BCUT2D eigenvalue weighted by atomic mass is 10.2. The van der Waals surface area contributed by atoms with Gasteiger partial charge in [0.1, 0.15) is 0 Å². The molecular formula is C27H31Cl2N7OS.